The molecule has 0 unspecified atom stereocenters. The number of benzene rings is 3. The molecular weight excluding hydrogens is 462 g/mol. The summed E-state index contributed by atoms with van der Waals surface area (Å²) < 4.78 is 26.3. The number of carbonyl (C=O) groups is 2. The number of rotatable bonds is 9. The summed E-state index contributed by atoms with van der Waals surface area (Å²) in [5.74, 6) is -0.605. The highest BCUT2D eigenvalue weighted by Gasteiger charge is 2.19. The lowest BCUT2D eigenvalue weighted by molar-refractivity contribution is 0.0954. The summed E-state index contributed by atoms with van der Waals surface area (Å²) in [5.41, 5.74) is 4.64. The van der Waals surface area contributed by atoms with E-state index < -0.39 is 10.0 Å². The molecule has 0 aliphatic heterocycles. The van der Waals surface area contributed by atoms with Crippen molar-refractivity contribution in [3.05, 3.63) is 94.5 Å². The van der Waals surface area contributed by atoms with E-state index in [4.69, 9.17) is 0 Å². The minimum Gasteiger partial charge on any atom is -0.352 e. The molecule has 0 spiro atoms. The highest BCUT2D eigenvalue weighted by atomic mass is 32.2. The molecule has 3 rings (SSSR count). The minimum atomic E-state index is -3.52. The first-order valence-electron chi connectivity index (χ1n) is 11.4. The van der Waals surface area contributed by atoms with Gasteiger partial charge in [-0.15, -0.1) is 0 Å². The van der Waals surface area contributed by atoms with Gasteiger partial charge >= 0.3 is 0 Å². The second-order valence-electron chi connectivity index (χ2n) is 8.49. The molecule has 0 saturated heterocycles. The van der Waals surface area contributed by atoms with Crippen LogP contribution in [-0.4, -0.2) is 33.0 Å². The van der Waals surface area contributed by atoms with Crippen LogP contribution in [0.2, 0.25) is 0 Å². The van der Waals surface area contributed by atoms with Gasteiger partial charge in [-0.2, -0.15) is 0 Å². The SMILES string of the molecule is CCCNC(=O)c1ccccc1NC(=O)c1ccc(CN(c2ccc(C)c(C)c2)S(C)(=O)=O)cc1. The molecule has 0 bridgehead atoms. The summed E-state index contributed by atoms with van der Waals surface area (Å²) in [5, 5.41) is 5.62. The van der Waals surface area contributed by atoms with Crippen molar-refractivity contribution in [1.82, 2.24) is 5.32 Å². The molecule has 3 aromatic rings. The fourth-order valence-corrected chi connectivity index (χ4v) is 4.41. The molecule has 0 radical (unpaired) electrons. The Morgan fingerprint density at radius 3 is 2.20 bits per heavy atom. The van der Waals surface area contributed by atoms with E-state index in [0.717, 1.165) is 23.1 Å². The maximum absolute atomic E-state index is 12.8. The van der Waals surface area contributed by atoms with Gasteiger partial charge in [-0.1, -0.05) is 37.3 Å². The topological polar surface area (TPSA) is 95.6 Å². The van der Waals surface area contributed by atoms with Gasteiger partial charge in [0.25, 0.3) is 11.8 Å². The van der Waals surface area contributed by atoms with Crippen LogP contribution in [0.15, 0.2) is 66.7 Å². The number of aryl methyl sites for hydroxylation is 2. The molecule has 0 aromatic heterocycles. The van der Waals surface area contributed by atoms with Crippen LogP contribution in [0.5, 0.6) is 0 Å². The number of hydrogen-bond donors (Lipinski definition) is 2. The lowest BCUT2D eigenvalue weighted by atomic mass is 10.1. The molecule has 0 fully saturated rings. The second kappa shape index (κ2) is 11.2. The van der Waals surface area contributed by atoms with E-state index in [-0.39, 0.29) is 18.4 Å². The van der Waals surface area contributed by atoms with Gasteiger partial charge < -0.3 is 10.6 Å². The minimum absolute atomic E-state index is 0.143. The molecule has 184 valence electrons. The first kappa shape index (κ1) is 26.0. The molecule has 2 N–H and O–H groups in total. The van der Waals surface area contributed by atoms with E-state index in [2.05, 4.69) is 10.6 Å². The van der Waals surface area contributed by atoms with E-state index >= 15 is 0 Å². The highest BCUT2D eigenvalue weighted by molar-refractivity contribution is 7.92. The van der Waals surface area contributed by atoms with E-state index in [1.54, 1.807) is 54.6 Å². The zero-order valence-electron chi connectivity index (χ0n) is 20.5. The predicted molar refractivity (Wildman–Crippen MR) is 140 cm³/mol. The number of amides is 2. The Morgan fingerprint density at radius 1 is 0.886 bits per heavy atom. The summed E-state index contributed by atoms with van der Waals surface area (Å²) in [6.07, 6.45) is 1.99. The molecule has 35 heavy (non-hydrogen) atoms. The Bertz CT molecular complexity index is 1320. The van der Waals surface area contributed by atoms with Crippen LogP contribution in [0.4, 0.5) is 11.4 Å². The van der Waals surface area contributed by atoms with Crippen molar-refractivity contribution < 1.29 is 18.0 Å². The van der Waals surface area contributed by atoms with Gasteiger partial charge in [0.05, 0.1) is 29.7 Å². The van der Waals surface area contributed by atoms with Crippen LogP contribution in [0.3, 0.4) is 0 Å². The first-order chi connectivity index (χ1) is 16.6. The maximum atomic E-state index is 12.8. The summed E-state index contributed by atoms with van der Waals surface area (Å²) in [6.45, 7) is 6.58. The molecule has 7 nitrogen and oxygen atoms in total. The van der Waals surface area contributed by atoms with E-state index in [1.807, 2.05) is 32.9 Å². The molecule has 0 atom stereocenters. The Balaban J connectivity index is 1.77. The van der Waals surface area contributed by atoms with Crippen LogP contribution >= 0.6 is 0 Å². The number of sulfonamides is 1. The number of carbonyl (C=O) groups excluding carboxylic acids is 2. The Kier molecular flexibility index (Phi) is 8.30. The Hall–Kier alpha value is -3.65. The van der Waals surface area contributed by atoms with Crippen molar-refractivity contribution in [2.45, 2.75) is 33.7 Å². The van der Waals surface area contributed by atoms with Crippen molar-refractivity contribution in [2.24, 2.45) is 0 Å². The molecule has 2 amide bonds. The van der Waals surface area contributed by atoms with Gasteiger partial charge in [-0.3, -0.25) is 13.9 Å². The van der Waals surface area contributed by atoms with Crippen LogP contribution < -0.4 is 14.9 Å². The fraction of sp³-hybridized carbons (Fsp3) is 0.259. The van der Waals surface area contributed by atoms with Crippen molar-refractivity contribution >= 4 is 33.2 Å². The first-order valence-corrected chi connectivity index (χ1v) is 13.3. The molecule has 8 heteroatoms. The van der Waals surface area contributed by atoms with Gasteiger partial charge in [0, 0.05) is 12.1 Å². The van der Waals surface area contributed by atoms with Gasteiger partial charge in [0.1, 0.15) is 0 Å². The monoisotopic (exact) mass is 493 g/mol. The fourth-order valence-electron chi connectivity index (χ4n) is 3.53. The number of para-hydroxylation sites is 1. The highest BCUT2D eigenvalue weighted by Crippen LogP contribution is 2.24. The average Bonchev–Trinajstić information content (AvgIpc) is 2.83. The quantitative estimate of drug-likeness (QED) is 0.453. The molecule has 0 aliphatic carbocycles. The van der Waals surface area contributed by atoms with Gasteiger partial charge in [0.15, 0.2) is 0 Å². The Labute approximate surface area is 207 Å². The number of nitrogens with one attached hydrogen (secondary N) is 2. The van der Waals surface area contributed by atoms with E-state index in [9.17, 15) is 18.0 Å². The summed E-state index contributed by atoms with van der Waals surface area (Å²) in [7, 11) is -3.52. The zero-order chi connectivity index (χ0) is 25.6. The van der Waals surface area contributed by atoms with Gasteiger partial charge in [-0.05, 0) is 73.4 Å². The van der Waals surface area contributed by atoms with Crippen molar-refractivity contribution in [3.63, 3.8) is 0 Å². The van der Waals surface area contributed by atoms with Crippen LogP contribution in [0, 0.1) is 13.8 Å². The normalized spacial score (nSPS) is 11.1. The van der Waals surface area contributed by atoms with Crippen LogP contribution in [0.25, 0.3) is 0 Å². The predicted octanol–water partition coefficient (Wildman–Crippen LogP) is 4.66. The summed E-state index contributed by atoms with van der Waals surface area (Å²) in [6, 6.07) is 19.1. The summed E-state index contributed by atoms with van der Waals surface area (Å²) >= 11 is 0. The van der Waals surface area contributed by atoms with Crippen molar-refractivity contribution in [1.29, 1.82) is 0 Å². The second-order valence-corrected chi connectivity index (χ2v) is 10.4. The van der Waals surface area contributed by atoms with Crippen molar-refractivity contribution in [2.75, 3.05) is 22.4 Å². The molecule has 3 aromatic carbocycles. The largest absolute Gasteiger partial charge is 0.352 e. The maximum Gasteiger partial charge on any atom is 0.255 e. The third kappa shape index (κ3) is 6.70. The van der Waals surface area contributed by atoms with Crippen LogP contribution in [-0.2, 0) is 16.6 Å². The lowest BCUT2D eigenvalue weighted by Gasteiger charge is -2.23. The van der Waals surface area contributed by atoms with E-state index in [0.29, 0.717) is 29.0 Å². The average molecular weight is 494 g/mol. The third-order valence-electron chi connectivity index (χ3n) is 5.68. The smallest absolute Gasteiger partial charge is 0.255 e. The standard InChI is InChI=1S/C27H31N3O4S/c1-5-16-28-27(32)24-8-6-7-9-25(24)29-26(31)22-13-11-21(12-14-22)18-30(35(4,33)34)23-15-10-19(2)20(3)17-23/h6-15,17H,5,16,18H2,1-4H3,(H,28,32)(H,29,31). The van der Waals surface area contributed by atoms with Crippen LogP contribution in [0.1, 0.15) is 50.8 Å². The number of hydrogen-bond acceptors (Lipinski definition) is 4. The third-order valence-corrected chi connectivity index (χ3v) is 6.82. The molecular formula is C27H31N3O4S. The molecule has 0 heterocycles. The van der Waals surface area contributed by atoms with Gasteiger partial charge in [0.2, 0.25) is 10.0 Å². The number of nitrogens with zero attached hydrogens (tertiary/aromatic N) is 1. The summed E-state index contributed by atoms with van der Waals surface area (Å²) in [4.78, 5) is 25.2. The van der Waals surface area contributed by atoms with Crippen molar-refractivity contribution in [3.8, 4) is 0 Å². The van der Waals surface area contributed by atoms with E-state index in [1.165, 1.54) is 10.6 Å². The lowest BCUT2D eigenvalue weighted by Crippen LogP contribution is -2.29. The zero-order valence-corrected chi connectivity index (χ0v) is 21.3. The molecule has 0 saturated carbocycles. The van der Waals surface area contributed by atoms with Gasteiger partial charge in [-0.25, -0.2) is 8.42 Å². The molecule has 0 aliphatic rings. The Morgan fingerprint density at radius 2 is 1.57 bits per heavy atom. The number of anilines is 2.